The van der Waals surface area contributed by atoms with Crippen LogP contribution in [0.25, 0.3) is 11.3 Å². The summed E-state index contributed by atoms with van der Waals surface area (Å²) >= 11 is 0. The lowest BCUT2D eigenvalue weighted by molar-refractivity contribution is 0.146. The summed E-state index contributed by atoms with van der Waals surface area (Å²) in [5.41, 5.74) is 1.82. The second kappa shape index (κ2) is 5.94. The van der Waals surface area contributed by atoms with Crippen LogP contribution in [0.1, 0.15) is 31.7 Å². The van der Waals surface area contributed by atoms with Gasteiger partial charge >= 0.3 is 0 Å². The second-order valence-electron chi connectivity index (χ2n) is 4.29. The zero-order valence-electron chi connectivity index (χ0n) is 11.7. The number of aryl methyl sites for hydroxylation is 1. The lowest BCUT2D eigenvalue weighted by Gasteiger charge is -2.08. The molecule has 0 bridgehead atoms. The third kappa shape index (κ3) is 2.76. The highest BCUT2D eigenvalue weighted by atomic mass is 19.3. The monoisotopic (exact) mass is 281 g/mol. The minimum absolute atomic E-state index is 0.212. The highest BCUT2D eigenvalue weighted by Gasteiger charge is 2.16. The maximum Gasteiger partial charge on any atom is 0.280 e. The minimum Gasteiger partial charge on any atom is -0.354 e. The summed E-state index contributed by atoms with van der Waals surface area (Å²) in [7, 11) is 0. The van der Waals surface area contributed by atoms with Gasteiger partial charge in [-0.3, -0.25) is 4.68 Å². The molecule has 5 nitrogen and oxygen atoms in total. The predicted octanol–water partition coefficient (Wildman–Crippen LogP) is 3.04. The number of hydrogen-bond acceptors (Lipinski definition) is 4. The van der Waals surface area contributed by atoms with E-state index in [1.165, 1.54) is 6.07 Å². The zero-order chi connectivity index (χ0) is 14.7. The van der Waals surface area contributed by atoms with Crippen molar-refractivity contribution in [1.29, 1.82) is 0 Å². The lowest BCUT2D eigenvalue weighted by atomic mass is 10.1. The van der Waals surface area contributed by atoms with Crippen LogP contribution < -0.4 is 5.32 Å². The normalized spacial score (nSPS) is 11.1. The SMILES string of the molecule is CCNc1nc(-c2cnn(CC)c2C)cc(C(F)F)n1. The highest BCUT2D eigenvalue weighted by molar-refractivity contribution is 5.62. The van der Waals surface area contributed by atoms with Crippen LogP contribution in [0, 0.1) is 6.92 Å². The van der Waals surface area contributed by atoms with Crippen molar-refractivity contribution in [2.75, 3.05) is 11.9 Å². The first kappa shape index (κ1) is 14.4. The van der Waals surface area contributed by atoms with Crippen molar-refractivity contribution in [2.24, 2.45) is 0 Å². The van der Waals surface area contributed by atoms with Gasteiger partial charge < -0.3 is 5.32 Å². The molecule has 0 aliphatic rings. The molecule has 0 radical (unpaired) electrons. The van der Waals surface area contributed by atoms with E-state index in [0.29, 0.717) is 12.2 Å². The fourth-order valence-electron chi connectivity index (χ4n) is 1.97. The zero-order valence-corrected chi connectivity index (χ0v) is 11.7. The number of alkyl halides is 2. The molecule has 0 fully saturated rings. The van der Waals surface area contributed by atoms with Crippen LogP contribution in [0.2, 0.25) is 0 Å². The van der Waals surface area contributed by atoms with Crippen molar-refractivity contribution >= 4 is 5.95 Å². The summed E-state index contributed by atoms with van der Waals surface area (Å²) in [5, 5.41) is 7.08. The Kier molecular flexibility index (Phi) is 4.26. The Morgan fingerprint density at radius 1 is 1.30 bits per heavy atom. The van der Waals surface area contributed by atoms with E-state index in [2.05, 4.69) is 20.4 Å². The van der Waals surface area contributed by atoms with E-state index in [0.717, 1.165) is 17.8 Å². The van der Waals surface area contributed by atoms with Crippen molar-refractivity contribution in [2.45, 2.75) is 33.7 Å². The summed E-state index contributed by atoms with van der Waals surface area (Å²) in [6.07, 6.45) is -0.984. The Labute approximate surface area is 116 Å². The van der Waals surface area contributed by atoms with Crippen LogP contribution in [0.4, 0.5) is 14.7 Å². The van der Waals surface area contributed by atoms with Gasteiger partial charge in [0.2, 0.25) is 5.95 Å². The van der Waals surface area contributed by atoms with Gasteiger partial charge in [-0.05, 0) is 26.8 Å². The molecule has 0 aliphatic heterocycles. The van der Waals surface area contributed by atoms with Crippen LogP contribution in [-0.2, 0) is 6.54 Å². The summed E-state index contributed by atoms with van der Waals surface area (Å²) < 4.78 is 27.6. The van der Waals surface area contributed by atoms with E-state index in [1.54, 1.807) is 10.9 Å². The third-order valence-corrected chi connectivity index (χ3v) is 2.98. The molecule has 0 atom stereocenters. The average Bonchev–Trinajstić information content (AvgIpc) is 2.79. The summed E-state index contributed by atoms with van der Waals surface area (Å²) in [4.78, 5) is 8.08. The van der Waals surface area contributed by atoms with Gasteiger partial charge in [0.1, 0.15) is 5.69 Å². The van der Waals surface area contributed by atoms with Crippen molar-refractivity contribution in [1.82, 2.24) is 19.7 Å². The maximum absolute atomic E-state index is 12.9. The Bertz CT molecular complexity index is 594. The molecule has 7 heteroatoms. The topological polar surface area (TPSA) is 55.6 Å². The molecule has 2 heterocycles. The van der Waals surface area contributed by atoms with Crippen LogP contribution in [-0.4, -0.2) is 26.3 Å². The summed E-state index contributed by atoms with van der Waals surface area (Å²) in [5.74, 6) is 0.212. The summed E-state index contributed by atoms with van der Waals surface area (Å²) in [6, 6.07) is 1.32. The standard InChI is InChI=1S/C13H17F2N5/c1-4-16-13-18-10(6-11(19-13)12(14)15)9-7-17-20(5-2)8(9)3/h6-7,12H,4-5H2,1-3H3,(H,16,18,19). The van der Waals surface area contributed by atoms with Gasteiger partial charge in [0.15, 0.2) is 0 Å². The third-order valence-electron chi connectivity index (χ3n) is 2.98. The average molecular weight is 281 g/mol. The van der Waals surface area contributed by atoms with Gasteiger partial charge in [0, 0.05) is 24.3 Å². The fourth-order valence-corrected chi connectivity index (χ4v) is 1.97. The second-order valence-corrected chi connectivity index (χ2v) is 4.29. The molecule has 2 aromatic heterocycles. The van der Waals surface area contributed by atoms with Crippen molar-refractivity contribution in [3.8, 4) is 11.3 Å². The molecular formula is C13H17F2N5. The molecule has 0 aliphatic carbocycles. The Morgan fingerprint density at radius 2 is 2.05 bits per heavy atom. The van der Waals surface area contributed by atoms with Crippen LogP contribution >= 0.6 is 0 Å². The number of nitrogens with one attached hydrogen (secondary N) is 1. The molecule has 0 aromatic carbocycles. The van der Waals surface area contributed by atoms with Gasteiger partial charge in [-0.1, -0.05) is 0 Å². The van der Waals surface area contributed by atoms with Crippen LogP contribution in [0.3, 0.4) is 0 Å². The quantitative estimate of drug-likeness (QED) is 0.915. The highest BCUT2D eigenvalue weighted by Crippen LogP contribution is 2.26. The van der Waals surface area contributed by atoms with Gasteiger partial charge in [0.25, 0.3) is 6.43 Å². The number of hydrogen-bond donors (Lipinski definition) is 1. The minimum atomic E-state index is -2.63. The van der Waals surface area contributed by atoms with E-state index in [1.807, 2.05) is 20.8 Å². The first-order chi connectivity index (χ1) is 9.56. The molecule has 2 aromatic rings. The first-order valence-corrected chi connectivity index (χ1v) is 6.50. The Morgan fingerprint density at radius 3 is 2.60 bits per heavy atom. The summed E-state index contributed by atoms with van der Waals surface area (Å²) in [6.45, 7) is 7.01. The predicted molar refractivity (Wildman–Crippen MR) is 72.8 cm³/mol. The van der Waals surface area contributed by atoms with Crippen molar-refractivity contribution < 1.29 is 8.78 Å². The van der Waals surface area contributed by atoms with E-state index >= 15 is 0 Å². The Balaban J connectivity index is 2.51. The van der Waals surface area contributed by atoms with E-state index in [4.69, 9.17) is 0 Å². The lowest BCUT2D eigenvalue weighted by Crippen LogP contribution is -2.06. The molecule has 0 unspecified atom stereocenters. The van der Waals surface area contributed by atoms with Crippen LogP contribution in [0.15, 0.2) is 12.3 Å². The van der Waals surface area contributed by atoms with Gasteiger partial charge in [-0.2, -0.15) is 5.10 Å². The molecule has 20 heavy (non-hydrogen) atoms. The van der Waals surface area contributed by atoms with Gasteiger partial charge in [-0.25, -0.2) is 18.7 Å². The molecule has 0 saturated heterocycles. The molecule has 0 amide bonds. The molecular weight excluding hydrogens is 264 g/mol. The van der Waals surface area contributed by atoms with Gasteiger partial charge in [0.05, 0.1) is 11.9 Å². The number of nitrogens with zero attached hydrogens (tertiary/aromatic N) is 4. The largest absolute Gasteiger partial charge is 0.354 e. The number of aromatic nitrogens is 4. The van der Waals surface area contributed by atoms with E-state index in [-0.39, 0.29) is 11.6 Å². The number of anilines is 1. The van der Waals surface area contributed by atoms with Crippen molar-refractivity contribution in [3.05, 3.63) is 23.7 Å². The molecule has 1 N–H and O–H groups in total. The molecule has 0 spiro atoms. The van der Waals surface area contributed by atoms with Crippen molar-refractivity contribution in [3.63, 3.8) is 0 Å². The number of rotatable bonds is 5. The molecule has 2 rings (SSSR count). The van der Waals surface area contributed by atoms with Crippen LogP contribution in [0.5, 0.6) is 0 Å². The fraction of sp³-hybridized carbons (Fsp3) is 0.462. The van der Waals surface area contributed by atoms with E-state index in [9.17, 15) is 8.78 Å². The maximum atomic E-state index is 12.9. The smallest absolute Gasteiger partial charge is 0.280 e. The Hall–Kier alpha value is -2.05. The number of halogens is 2. The van der Waals surface area contributed by atoms with Gasteiger partial charge in [-0.15, -0.1) is 0 Å². The molecule has 0 saturated carbocycles. The molecule has 108 valence electrons. The first-order valence-electron chi connectivity index (χ1n) is 6.50. The van der Waals surface area contributed by atoms with E-state index < -0.39 is 6.43 Å².